The normalized spacial score (nSPS) is 18.1. The minimum Gasteiger partial charge on any atom is -0.461 e. The molecule has 2 aliphatic rings. The topological polar surface area (TPSA) is 91.2 Å². The van der Waals surface area contributed by atoms with Crippen molar-refractivity contribution in [3.63, 3.8) is 0 Å². The number of anilines is 1. The van der Waals surface area contributed by atoms with Crippen LogP contribution in [0.25, 0.3) is 0 Å². The standard InChI is InChI=1S/C21H21F3N6O3/c1-2-33-19(31)18-16(24)12-25-20(27-18)28-5-7-29(8-6-28)21(32)30-17(3-4-26-30)13-9-14(22)11-15(23)10-13/h4,9-12,17H,2-3,5-8H2,1H3. The van der Waals surface area contributed by atoms with Crippen molar-refractivity contribution in [1.82, 2.24) is 19.9 Å². The van der Waals surface area contributed by atoms with Crippen molar-refractivity contribution in [3.05, 3.63) is 53.1 Å². The molecule has 4 rings (SSSR count). The van der Waals surface area contributed by atoms with Gasteiger partial charge in [-0.1, -0.05) is 0 Å². The molecule has 2 aromatic rings. The van der Waals surface area contributed by atoms with Gasteiger partial charge in [0, 0.05) is 44.9 Å². The highest BCUT2D eigenvalue weighted by Gasteiger charge is 2.34. The van der Waals surface area contributed by atoms with Gasteiger partial charge in [-0.15, -0.1) is 0 Å². The number of rotatable bonds is 4. The van der Waals surface area contributed by atoms with E-state index in [1.165, 1.54) is 23.4 Å². The van der Waals surface area contributed by atoms with Crippen LogP contribution in [0.4, 0.5) is 23.9 Å². The third-order valence-corrected chi connectivity index (χ3v) is 5.33. The zero-order chi connectivity index (χ0) is 23.5. The number of benzene rings is 1. The molecule has 2 aliphatic heterocycles. The molecule has 1 aromatic carbocycles. The fourth-order valence-electron chi connectivity index (χ4n) is 3.74. The first kappa shape index (κ1) is 22.5. The summed E-state index contributed by atoms with van der Waals surface area (Å²) >= 11 is 0. The summed E-state index contributed by atoms with van der Waals surface area (Å²) in [5.74, 6) is -3.05. The van der Waals surface area contributed by atoms with Crippen molar-refractivity contribution in [2.75, 3.05) is 37.7 Å². The molecule has 2 amide bonds. The maximum atomic E-state index is 13.9. The Kier molecular flexibility index (Phi) is 6.43. The number of carbonyl (C=O) groups excluding carboxylic acids is 2. The van der Waals surface area contributed by atoms with E-state index in [0.29, 0.717) is 25.1 Å². The lowest BCUT2D eigenvalue weighted by Gasteiger charge is -2.37. The highest BCUT2D eigenvalue weighted by atomic mass is 19.1. The molecule has 0 N–H and O–H groups in total. The second kappa shape index (κ2) is 9.43. The summed E-state index contributed by atoms with van der Waals surface area (Å²) in [4.78, 5) is 36.1. The quantitative estimate of drug-likeness (QED) is 0.649. The summed E-state index contributed by atoms with van der Waals surface area (Å²) in [5.41, 5.74) is -0.125. The van der Waals surface area contributed by atoms with Crippen LogP contribution in [-0.2, 0) is 4.74 Å². The van der Waals surface area contributed by atoms with Gasteiger partial charge in [0.25, 0.3) is 0 Å². The second-order valence-electron chi connectivity index (χ2n) is 7.44. The Morgan fingerprint density at radius 1 is 1.09 bits per heavy atom. The zero-order valence-corrected chi connectivity index (χ0v) is 17.7. The molecular weight excluding hydrogens is 441 g/mol. The van der Waals surface area contributed by atoms with Crippen LogP contribution >= 0.6 is 0 Å². The predicted octanol–water partition coefficient (Wildman–Crippen LogP) is 2.75. The van der Waals surface area contributed by atoms with E-state index in [4.69, 9.17) is 4.74 Å². The third kappa shape index (κ3) is 4.73. The smallest absolute Gasteiger partial charge is 0.360 e. The van der Waals surface area contributed by atoms with Gasteiger partial charge in [0.1, 0.15) is 11.6 Å². The number of aromatic nitrogens is 2. The summed E-state index contributed by atoms with van der Waals surface area (Å²) in [6, 6.07) is 2.15. The van der Waals surface area contributed by atoms with Crippen molar-refractivity contribution in [2.45, 2.75) is 19.4 Å². The Labute approximate surface area is 187 Å². The molecule has 3 heterocycles. The van der Waals surface area contributed by atoms with Crippen LogP contribution in [0.2, 0.25) is 0 Å². The van der Waals surface area contributed by atoms with E-state index in [1.807, 2.05) is 0 Å². The fraction of sp³-hybridized carbons (Fsp3) is 0.381. The number of ether oxygens (including phenoxy) is 1. The van der Waals surface area contributed by atoms with Crippen molar-refractivity contribution in [3.8, 4) is 0 Å². The first-order chi connectivity index (χ1) is 15.9. The molecule has 1 fully saturated rings. The lowest BCUT2D eigenvalue weighted by atomic mass is 10.0. The van der Waals surface area contributed by atoms with Gasteiger partial charge >= 0.3 is 12.0 Å². The average molecular weight is 462 g/mol. The molecule has 174 valence electrons. The number of nitrogens with zero attached hydrogens (tertiary/aromatic N) is 6. The molecule has 0 spiro atoms. The largest absolute Gasteiger partial charge is 0.461 e. The highest BCUT2D eigenvalue weighted by Crippen LogP contribution is 2.30. The SMILES string of the molecule is CCOC(=O)c1nc(N2CCN(C(=O)N3N=CCC3c3cc(F)cc(F)c3)CC2)ncc1F. The Bertz CT molecular complexity index is 1070. The van der Waals surface area contributed by atoms with Crippen molar-refractivity contribution in [2.24, 2.45) is 5.10 Å². The lowest BCUT2D eigenvalue weighted by molar-refractivity contribution is 0.0513. The molecule has 0 bridgehead atoms. The predicted molar refractivity (Wildman–Crippen MR) is 111 cm³/mol. The zero-order valence-electron chi connectivity index (χ0n) is 17.7. The van der Waals surface area contributed by atoms with E-state index >= 15 is 0 Å². The number of piperazine rings is 1. The number of hydrazone groups is 1. The van der Waals surface area contributed by atoms with Crippen LogP contribution < -0.4 is 4.90 Å². The van der Waals surface area contributed by atoms with Gasteiger partial charge in [-0.25, -0.2) is 37.7 Å². The summed E-state index contributed by atoms with van der Waals surface area (Å²) in [6.07, 6.45) is 2.79. The number of carbonyl (C=O) groups is 2. The van der Waals surface area contributed by atoms with Crippen LogP contribution in [0.5, 0.6) is 0 Å². The summed E-state index contributed by atoms with van der Waals surface area (Å²) in [5, 5.41) is 5.32. The van der Waals surface area contributed by atoms with Gasteiger partial charge in [0.05, 0.1) is 18.8 Å². The van der Waals surface area contributed by atoms with Gasteiger partial charge in [-0.3, -0.25) is 0 Å². The maximum Gasteiger partial charge on any atom is 0.360 e. The lowest BCUT2D eigenvalue weighted by Crippen LogP contribution is -2.52. The van der Waals surface area contributed by atoms with Crippen LogP contribution in [-0.4, -0.2) is 70.9 Å². The van der Waals surface area contributed by atoms with E-state index in [-0.39, 0.29) is 25.6 Å². The molecule has 33 heavy (non-hydrogen) atoms. The second-order valence-corrected chi connectivity index (χ2v) is 7.44. The van der Waals surface area contributed by atoms with E-state index in [1.54, 1.807) is 16.7 Å². The van der Waals surface area contributed by atoms with Gasteiger partial charge in [0.2, 0.25) is 5.95 Å². The van der Waals surface area contributed by atoms with Gasteiger partial charge in [-0.05, 0) is 24.6 Å². The number of urea groups is 1. The molecule has 1 atom stereocenters. The molecule has 9 nitrogen and oxygen atoms in total. The molecule has 1 saturated heterocycles. The van der Waals surface area contributed by atoms with Gasteiger partial charge in [0.15, 0.2) is 11.5 Å². The molecule has 1 unspecified atom stereocenters. The van der Waals surface area contributed by atoms with Crippen molar-refractivity contribution in [1.29, 1.82) is 0 Å². The maximum absolute atomic E-state index is 13.9. The van der Waals surface area contributed by atoms with Crippen LogP contribution in [0.1, 0.15) is 35.4 Å². The van der Waals surface area contributed by atoms with Gasteiger partial charge < -0.3 is 14.5 Å². The van der Waals surface area contributed by atoms with E-state index in [2.05, 4.69) is 15.1 Å². The molecular formula is C21H21F3N6O3. The first-order valence-electron chi connectivity index (χ1n) is 10.4. The number of amides is 2. The summed E-state index contributed by atoms with van der Waals surface area (Å²) in [7, 11) is 0. The number of esters is 1. The Morgan fingerprint density at radius 3 is 2.45 bits per heavy atom. The Morgan fingerprint density at radius 2 is 1.79 bits per heavy atom. The minimum atomic E-state index is -0.877. The highest BCUT2D eigenvalue weighted by molar-refractivity contribution is 5.87. The van der Waals surface area contributed by atoms with E-state index in [0.717, 1.165) is 12.3 Å². The van der Waals surface area contributed by atoms with Crippen LogP contribution in [0.3, 0.4) is 0 Å². The average Bonchev–Trinajstić information content (AvgIpc) is 3.28. The number of hydrogen-bond acceptors (Lipinski definition) is 7. The van der Waals surface area contributed by atoms with Crippen molar-refractivity contribution >= 4 is 24.2 Å². The van der Waals surface area contributed by atoms with Crippen LogP contribution in [0, 0.1) is 17.5 Å². The molecule has 0 aliphatic carbocycles. The number of hydrogen-bond donors (Lipinski definition) is 0. The molecule has 12 heteroatoms. The summed E-state index contributed by atoms with van der Waals surface area (Å²) < 4.78 is 46.0. The molecule has 0 saturated carbocycles. The Hall–Kier alpha value is -3.70. The number of halogens is 3. The van der Waals surface area contributed by atoms with Gasteiger partial charge in [-0.2, -0.15) is 5.10 Å². The first-order valence-corrected chi connectivity index (χ1v) is 10.4. The molecule has 0 radical (unpaired) electrons. The monoisotopic (exact) mass is 462 g/mol. The van der Waals surface area contributed by atoms with E-state index in [9.17, 15) is 22.8 Å². The van der Waals surface area contributed by atoms with Crippen LogP contribution in [0.15, 0.2) is 29.5 Å². The Balaban J connectivity index is 1.42. The van der Waals surface area contributed by atoms with Crippen molar-refractivity contribution < 1.29 is 27.5 Å². The third-order valence-electron chi connectivity index (χ3n) is 5.33. The fourth-order valence-corrected chi connectivity index (χ4v) is 3.74. The summed E-state index contributed by atoms with van der Waals surface area (Å²) in [6.45, 7) is 2.91. The molecule has 1 aromatic heterocycles. The minimum absolute atomic E-state index is 0.0840. The van der Waals surface area contributed by atoms with E-state index < -0.39 is 41.2 Å².